The molecule has 1 N–H and O–H groups in total. The molecule has 1 aliphatic heterocycles. The van der Waals surface area contributed by atoms with E-state index in [0.29, 0.717) is 23.6 Å². The highest BCUT2D eigenvalue weighted by atomic mass is 16.4. The molecule has 144 valence electrons. The number of rotatable bonds is 5. The van der Waals surface area contributed by atoms with Crippen LogP contribution < -0.4 is 0 Å². The largest absolute Gasteiger partial charge is 0.478 e. The minimum Gasteiger partial charge on any atom is -0.478 e. The van der Waals surface area contributed by atoms with Gasteiger partial charge in [0.05, 0.1) is 17.3 Å². The molecule has 1 aliphatic rings. The van der Waals surface area contributed by atoms with Gasteiger partial charge in [0.15, 0.2) is 0 Å². The number of benzene rings is 1. The molecule has 1 fully saturated rings. The van der Waals surface area contributed by atoms with Crippen molar-refractivity contribution in [1.29, 1.82) is 0 Å². The number of piperidine rings is 1. The van der Waals surface area contributed by atoms with E-state index in [9.17, 15) is 9.90 Å². The molecule has 0 radical (unpaired) electrons. The van der Waals surface area contributed by atoms with Crippen molar-refractivity contribution in [3.63, 3.8) is 0 Å². The topological polar surface area (TPSA) is 71.2 Å². The van der Waals surface area contributed by atoms with Crippen molar-refractivity contribution >= 4 is 5.97 Å². The number of aromatic nitrogens is 3. The number of hydrogen-bond acceptors (Lipinski definition) is 4. The summed E-state index contributed by atoms with van der Waals surface area (Å²) in [4.78, 5) is 18.1. The zero-order valence-corrected chi connectivity index (χ0v) is 16.0. The first-order chi connectivity index (χ1) is 13.6. The molecule has 0 spiro atoms. The molecule has 1 aromatic carbocycles. The van der Waals surface area contributed by atoms with Gasteiger partial charge in [0.1, 0.15) is 0 Å². The predicted molar refractivity (Wildman–Crippen MR) is 107 cm³/mol. The Bertz CT molecular complexity index is 960. The second-order valence-corrected chi connectivity index (χ2v) is 7.40. The van der Waals surface area contributed by atoms with Gasteiger partial charge in [0.2, 0.25) is 0 Å². The van der Waals surface area contributed by atoms with Crippen LogP contribution in [-0.2, 0) is 6.42 Å². The second-order valence-electron chi connectivity index (χ2n) is 7.40. The summed E-state index contributed by atoms with van der Waals surface area (Å²) < 4.78 is 2.08. The number of pyridine rings is 1. The van der Waals surface area contributed by atoms with Gasteiger partial charge in [-0.1, -0.05) is 30.3 Å². The van der Waals surface area contributed by atoms with Crippen molar-refractivity contribution in [2.75, 3.05) is 20.1 Å². The first-order valence-electron chi connectivity index (χ1n) is 9.60. The number of carboxylic acids is 1. The summed E-state index contributed by atoms with van der Waals surface area (Å²) in [5.41, 5.74) is 3.99. The van der Waals surface area contributed by atoms with Crippen LogP contribution in [0.5, 0.6) is 0 Å². The lowest BCUT2D eigenvalue weighted by Gasteiger charge is -2.29. The molecule has 0 unspecified atom stereocenters. The summed E-state index contributed by atoms with van der Waals surface area (Å²) in [5.74, 6) is -0.929. The smallest absolute Gasteiger partial charge is 0.336 e. The molecule has 2 aromatic heterocycles. The van der Waals surface area contributed by atoms with E-state index in [1.165, 1.54) is 6.20 Å². The molecule has 28 heavy (non-hydrogen) atoms. The average molecular weight is 376 g/mol. The summed E-state index contributed by atoms with van der Waals surface area (Å²) in [5, 5.41) is 14.4. The van der Waals surface area contributed by atoms with Crippen LogP contribution in [0.1, 0.15) is 40.4 Å². The number of nitrogens with zero attached hydrogens (tertiary/aromatic N) is 4. The monoisotopic (exact) mass is 376 g/mol. The molecular formula is C22H24N4O2. The van der Waals surface area contributed by atoms with Crippen LogP contribution in [0, 0.1) is 0 Å². The van der Waals surface area contributed by atoms with Crippen LogP contribution in [0.3, 0.4) is 0 Å². The van der Waals surface area contributed by atoms with Crippen molar-refractivity contribution in [3.8, 4) is 11.3 Å². The predicted octanol–water partition coefficient (Wildman–Crippen LogP) is 3.50. The van der Waals surface area contributed by atoms with Gasteiger partial charge in [-0.2, -0.15) is 5.10 Å². The molecule has 4 rings (SSSR count). The first kappa shape index (κ1) is 18.4. The fourth-order valence-electron chi connectivity index (χ4n) is 3.83. The van der Waals surface area contributed by atoms with Crippen LogP contribution in [0.25, 0.3) is 11.3 Å². The van der Waals surface area contributed by atoms with Crippen molar-refractivity contribution in [3.05, 3.63) is 71.7 Å². The Kier molecular flexibility index (Phi) is 5.21. The van der Waals surface area contributed by atoms with Gasteiger partial charge in [-0.15, -0.1) is 0 Å². The molecular weight excluding hydrogens is 352 g/mol. The molecule has 0 saturated carbocycles. The fourth-order valence-corrected chi connectivity index (χ4v) is 3.83. The lowest BCUT2D eigenvalue weighted by molar-refractivity contribution is 0.0695. The van der Waals surface area contributed by atoms with E-state index < -0.39 is 5.97 Å². The quantitative estimate of drug-likeness (QED) is 0.738. The van der Waals surface area contributed by atoms with E-state index in [-0.39, 0.29) is 0 Å². The van der Waals surface area contributed by atoms with Crippen LogP contribution >= 0.6 is 0 Å². The molecule has 3 aromatic rings. The highest BCUT2D eigenvalue weighted by Gasteiger charge is 2.22. The van der Waals surface area contributed by atoms with Crippen LogP contribution in [-0.4, -0.2) is 50.9 Å². The van der Waals surface area contributed by atoms with E-state index in [4.69, 9.17) is 5.10 Å². The summed E-state index contributed by atoms with van der Waals surface area (Å²) in [6.45, 7) is 2.12. The third-order valence-electron chi connectivity index (χ3n) is 5.43. The highest BCUT2D eigenvalue weighted by Crippen LogP contribution is 2.29. The van der Waals surface area contributed by atoms with Crippen molar-refractivity contribution < 1.29 is 9.90 Å². The molecule has 6 heteroatoms. The fraction of sp³-hybridized carbons (Fsp3) is 0.318. The summed E-state index contributed by atoms with van der Waals surface area (Å²) in [7, 11) is 2.15. The molecule has 1 saturated heterocycles. The zero-order valence-electron chi connectivity index (χ0n) is 16.0. The van der Waals surface area contributed by atoms with Crippen LogP contribution in [0.4, 0.5) is 0 Å². The maximum absolute atomic E-state index is 11.6. The molecule has 3 heterocycles. The molecule has 0 amide bonds. The molecule has 0 bridgehead atoms. The van der Waals surface area contributed by atoms with Gasteiger partial charge in [-0.05, 0) is 44.6 Å². The third kappa shape index (κ3) is 3.82. The summed E-state index contributed by atoms with van der Waals surface area (Å²) >= 11 is 0. The Labute approximate surface area is 164 Å². The number of hydrogen-bond donors (Lipinski definition) is 1. The van der Waals surface area contributed by atoms with E-state index in [2.05, 4.69) is 27.8 Å². The normalized spacial score (nSPS) is 15.6. The van der Waals surface area contributed by atoms with Gasteiger partial charge in [0.25, 0.3) is 0 Å². The Hall–Kier alpha value is -2.99. The summed E-state index contributed by atoms with van der Waals surface area (Å²) in [6.07, 6.45) is 7.89. The number of carboxylic acid groups (broad SMARTS) is 1. The Morgan fingerprint density at radius 2 is 1.89 bits per heavy atom. The van der Waals surface area contributed by atoms with Gasteiger partial charge in [-0.25, -0.2) is 4.79 Å². The van der Waals surface area contributed by atoms with E-state index >= 15 is 0 Å². The van der Waals surface area contributed by atoms with Gasteiger partial charge < -0.3 is 10.0 Å². The van der Waals surface area contributed by atoms with Crippen molar-refractivity contribution in [2.45, 2.75) is 25.3 Å². The zero-order chi connectivity index (χ0) is 19.5. The number of aromatic carboxylic acids is 1. The molecule has 0 atom stereocenters. The van der Waals surface area contributed by atoms with E-state index in [1.807, 2.05) is 30.3 Å². The number of likely N-dealkylation sites (tertiary alicyclic amines) is 1. The Morgan fingerprint density at radius 1 is 1.14 bits per heavy atom. The van der Waals surface area contributed by atoms with Gasteiger partial charge in [0, 0.05) is 36.1 Å². The molecule has 6 nitrogen and oxygen atoms in total. The minimum absolute atomic E-state index is 0.293. The lowest BCUT2D eigenvalue weighted by atomic mass is 9.99. The van der Waals surface area contributed by atoms with Gasteiger partial charge >= 0.3 is 5.97 Å². The van der Waals surface area contributed by atoms with Crippen molar-refractivity contribution in [2.24, 2.45) is 0 Å². The number of carbonyl (C=O) groups is 1. The Balaban J connectivity index is 1.72. The van der Waals surface area contributed by atoms with Crippen LogP contribution in [0.2, 0.25) is 0 Å². The summed E-state index contributed by atoms with van der Waals surface area (Å²) in [6, 6.07) is 12.0. The minimum atomic E-state index is -0.929. The molecule has 0 aliphatic carbocycles. The first-order valence-corrected chi connectivity index (χ1v) is 9.60. The van der Waals surface area contributed by atoms with E-state index in [0.717, 1.165) is 42.8 Å². The van der Waals surface area contributed by atoms with Crippen molar-refractivity contribution in [1.82, 2.24) is 19.7 Å². The van der Waals surface area contributed by atoms with Crippen LogP contribution in [0.15, 0.2) is 55.0 Å². The highest BCUT2D eigenvalue weighted by molar-refractivity contribution is 5.89. The standard InChI is InChI=1S/C22H24N4O2/c1-25-11-8-19(9-12-25)26-15-18(21(24-26)16-5-3-2-4-6-16)13-17-14-23-10-7-20(17)22(27)28/h2-7,10,14-15,19H,8-9,11-13H2,1H3,(H,27,28). The Morgan fingerprint density at radius 3 is 2.61 bits per heavy atom. The SMILES string of the molecule is CN1CCC(n2cc(Cc3cnccc3C(=O)O)c(-c3ccccc3)n2)CC1. The maximum atomic E-state index is 11.6. The lowest BCUT2D eigenvalue weighted by Crippen LogP contribution is -2.31. The van der Waals surface area contributed by atoms with E-state index in [1.54, 1.807) is 12.3 Å². The average Bonchev–Trinajstić information content (AvgIpc) is 3.13. The maximum Gasteiger partial charge on any atom is 0.336 e. The van der Waals surface area contributed by atoms with Gasteiger partial charge in [-0.3, -0.25) is 9.67 Å². The third-order valence-corrected chi connectivity index (χ3v) is 5.43. The second kappa shape index (κ2) is 7.94.